The number of hydrogen-bond acceptors (Lipinski definition) is 6. The van der Waals surface area contributed by atoms with Crippen LogP contribution in [0.4, 0.5) is 0 Å². The molecule has 0 bridgehead atoms. The lowest BCUT2D eigenvalue weighted by Crippen LogP contribution is -2.20. The van der Waals surface area contributed by atoms with Gasteiger partial charge in [0.2, 0.25) is 0 Å². The Hall–Kier alpha value is -2.96. The molecule has 4 atom stereocenters. The van der Waals surface area contributed by atoms with Gasteiger partial charge in [-0.25, -0.2) is 0 Å². The van der Waals surface area contributed by atoms with Gasteiger partial charge in [-0.15, -0.1) is 0 Å². The molecule has 0 heterocycles. The van der Waals surface area contributed by atoms with Crippen molar-refractivity contribution in [2.24, 2.45) is 11.8 Å². The average Bonchev–Trinajstić information content (AvgIpc) is 3.41. The normalized spacial score (nSPS) is 17.9. The number of unbranched alkanes of at least 4 members (excludes halogenated alkanes) is 5. The van der Waals surface area contributed by atoms with E-state index in [1.54, 1.807) is 24.3 Å². The maximum atomic E-state index is 13.0. The van der Waals surface area contributed by atoms with E-state index in [4.69, 9.17) is 9.47 Å². The molecule has 1 fully saturated rings. The van der Waals surface area contributed by atoms with Gasteiger partial charge in [0.15, 0.2) is 5.78 Å². The number of carbonyl (C=O) groups excluding carboxylic acids is 2. The molecular formula is C36H50O6. The molecule has 0 amide bonds. The van der Waals surface area contributed by atoms with Gasteiger partial charge in [0, 0.05) is 24.8 Å². The van der Waals surface area contributed by atoms with Crippen LogP contribution in [0.25, 0.3) is 0 Å². The molecule has 6 nitrogen and oxygen atoms in total. The Labute approximate surface area is 252 Å². The van der Waals surface area contributed by atoms with Crippen molar-refractivity contribution in [1.29, 1.82) is 0 Å². The molecule has 2 aromatic carbocycles. The van der Waals surface area contributed by atoms with E-state index in [0.717, 1.165) is 69.1 Å². The number of aliphatic hydroxyl groups excluding tert-OH is 2. The molecule has 1 saturated carbocycles. The summed E-state index contributed by atoms with van der Waals surface area (Å²) in [6.07, 6.45) is 11.6. The maximum Gasteiger partial charge on any atom is 0.162 e. The lowest BCUT2D eigenvalue weighted by Gasteiger charge is -2.26. The second-order valence-electron chi connectivity index (χ2n) is 11.8. The fourth-order valence-electron chi connectivity index (χ4n) is 5.91. The fourth-order valence-corrected chi connectivity index (χ4v) is 5.91. The van der Waals surface area contributed by atoms with Gasteiger partial charge in [0.05, 0.1) is 25.1 Å². The third-order valence-corrected chi connectivity index (χ3v) is 8.33. The van der Waals surface area contributed by atoms with Crippen molar-refractivity contribution in [3.8, 4) is 11.5 Å². The molecule has 2 N–H and O–H groups in total. The van der Waals surface area contributed by atoms with E-state index in [9.17, 15) is 19.8 Å². The molecule has 0 aliphatic heterocycles. The van der Waals surface area contributed by atoms with Gasteiger partial charge in [-0.1, -0.05) is 51.3 Å². The smallest absolute Gasteiger partial charge is 0.162 e. The summed E-state index contributed by atoms with van der Waals surface area (Å²) in [5.41, 5.74) is 1.45. The predicted molar refractivity (Wildman–Crippen MR) is 167 cm³/mol. The van der Waals surface area contributed by atoms with Gasteiger partial charge < -0.3 is 19.7 Å². The van der Waals surface area contributed by atoms with Crippen molar-refractivity contribution in [2.75, 3.05) is 6.61 Å². The molecule has 6 heteroatoms. The van der Waals surface area contributed by atoms with Crippen LogP contribution >= 0.6 is 0 Å². The van der Waals surface area contributed by atoms with Crippen molar-refractivity contribution < 1.29 is 29.3 Å². The molecule has 2 aromatic rings. The zero-order valence-corrected chi connectivity index (χ0v) is 25.3. The van der Waals surface area contributed by atoms with Crippen LogP contribution in [0, 0.1) is 11.8 Å². The van der Waals surface area contributed by atoms with Crippen molar-refractivity contribution in [3.63, 3.8) is 0 Å². The second kappa shape index (κ2) is 18.6. The summed E-state index contributed by atoms with van der Waals surface area (Å²) in [6.45, 7) is 6.41. The first kappa shape index (κ1) is 33.5. The van der Waals surface area contributed by atoms with Gasteiger partial charge in [-0.2, -0.15) is 0 Å². The predicted octanol–water partition coefficient (Wildman–Crippen LogP) is 8.16. The van der Waals surface area contributed by atoms with Crippen LogP contribution in [-0.4, -0.2) is 34.5 Å². The molecule has 42 heavy (non-hydrogen) atoms. The Morgan fingerprint density at radius 3 is 2.29 bits per heavy atom. The second-order valence-corrected chi connectivity index (χ2v) is 11.8. The lowest BCUT2D eigenvalue weighted by atomic mass is 9.82. The molecular weight excluding hydrogens is 528 g/mol. The van der Waals surface area contributed by atoms with E-state index < -0.39 is 6.10 Å². The van der Waals surface area contributed by atoms with Gasteiger partial charge in [-0.05, 0) is 98.7 Å². The van der Waals surface area contributed by atoms with Crippen molar-refractivity contribution in [2.45, 2.75) is 109 Å². The lowest BCUT2D eigenvalue weighted by molar-refractivity contribution is -0.121. The largest absolute Gasteiger partial charge is 0.494 e. The zero-order chi connectivity index (χ0) is 30.2. The zero-order valence-electron chi connectivity index (χ0n) is 25.3. The molecule has 0 saturated heterocycles. The number of rotatable bonds is 21. The third-order valence-electron chi connectivity index (χ3n) is 8.33. The van der Waals surface area contributed by atoms with E-state index in [-0.39, 0.29) is 23.6 Å². The topological polar surface area (TPSA) is 93.1 Å². The van der Waals surface area contributed by atoms with Crippen molar-refractivity contribution in [3.05, 3.63) is 72.5 Å². The number of aliphatic hydroxyl groups is 2. The summed E-state index contributed by atoms with van der Waals surface area (Å²) < 4.78 is 11.1. The van der Waals surface area contributed by atoms with E-state index >= 15 is 0 Å². The van der Waals surface area contributed by atoms with Crippen LogP contribution in [0.1, 0.15) is 119 Å². The number of ether oxygens (including phenoxy) is 2. The van der Waals surface area contributed by atoms with Crippen LogP contribution in [-0.2, 0) is 4.79 Å². The first-order valence-corrected chi connectivity index (χ1v) is 15.9. The first-order valence-electron chi connectivity index (χ1n) is 15.9. The van der Waals surface area contributed by atoms with Crippen LogP contribution in [0.5, 0.6) is 11.5 Å². The van der Waals surface area contributed by atoms with Gasteiger partial charge >= 0.3 is 0 Å². The summed E-state index contributed by atoms with van der Waals surface area (Å²) in [5.74, 6) is 1.80. The monoisotopic (exact) mass is 578 g/mol. The molecule has 0 spiro atoms. The highest BCUT2D eigenvalue weighted by molar-refractivity contribution is 5.96. The standard InChI is InChI=1S/C36H50O6/c1-3-5-6-10-23-42-34-21-16-29(17-22-34)36(40)30(24-27-13-18-32(38)25-27)26-31(37)11-8-7-9-12-35(39)28-14-19-33(20-15-28)41-4-2/h4,14-17,19-22,27,30,32,36,38,40H,2-3,5-13,18,23-26H2,1H3. The Balaban J connectivity index is 1.46. The van der Waals surface area contributed by atoms with E-state index in [1.807, 2.05) is 24.3 Å². The average molecular weight is 579 g/mol. The summed E-state index contributed by atoms with van der Waals surface area (Å²) in [7, 11) is 0. The van der Waals surface area contributed by atoms with E-state index in [0.29, 0.717) is 43.1 Å². The van der Waals surface area contributed by atoms with Gasteiger partial charge in [0.25, 0.3) is 0 Å². The molecule has 3 rings (SSSR count). The van der Waals surface area contributed by atoms with E-state index in [2.05, 4.69) is 13.5 Å². The number of benzene rings is 2. The summed E-state index contributed by atoms with van der Waals surface area (Å²) in [4.78, 5) is 25.5. The summed E-state index contributed by atoms with van der Waals surface area (Å²) >= 11 is 0. The molecule has 1 aliphatic carbocycles. The molecule has 230 valence electrons. The Morgan fingerprint density at radius 2 is 1.62 bits per heavy atom. The van der Waals surface area contributed by atoms with Crippen molar-refractivity contribution >= 4 is 11.6 Å². The highest BCUT2D eigenvalue weighted by Gasteiger charge is 2.30. The van der Waals surface area contributed by atoms with E-state index in [1.165, 1.54) is 19.1 Å². The van der Waals surface area contributed by atoms with Crippen LogP contribution in [0.3, 0.4) is 0 Å². The minimum absolute atomic E-state index is 0.0846. The Bertz CT molecular complexity index is 1080. The number of Topliss-reactive ketones (excluding diaryl/α,β-unsaturated/α-hetero) is 2. The maximum absolute atomic E-state index is 13.0. The Morgan fingerprint density at radius 1 is 0.929 bits per heavy atom. The highest BCUT2D eigenvalue weighted by Crippen LogP contribution is 2.37. The van der Waals surface area contributed by atoms with Gasteiger partial charge in [-0.3, -0.25) is 9.59 Å². The van der Waals surface area contributed by atoms with Crippen LogP contribution in [0.2, 0.25) is 0 Å². The minimum Gasteiger partial charge on any atom is -0.494 e. The first-order chi connectivity index (χ1) is 20.4. The molecule has 4 unspecified atom stereocenters. The third kappa shape index (κ3) is 11.7. The Kier molecular flexibility index (Phi) is 14.8. The summed E-state index contributed by atoms with van der Waals surface area (Å²) in [5, 5.41) is 21.4. The number of carbonyl (C=O) groups is 2. The van der Waals surface area contributed by atoms with Crippen LogP contribution in [0.15, 0.2) is 61.4 Å². The number of hydrogen-bond donors (Lipinski definition) is 2. The fraction of sp³-hybridized carbons (Fsp3) is 0.556. The highest BCUT2D eigenvalue weighted by atomic mass is 16.5. The SMILES string of the molecule is C=COc1ccc(C(=O)CCCCCC(=O)CC(CC2CCC(O)C2)C(O)c2ccc(OCCCCCC)cc2)cc1. The summed E-state index contributed by atoms with van der Waals surface area (Å²) in [6, 6.07) is 14.6. The van der Waals surface area contributed by atoms with Crippen molar-refractivity contribution in [1.82, 2.24) is 0 Å². The molecule has 0 aromatic heterocycles. The molecule has 0 radical (unpaired) electrons. The minimum atomic E-state index is -0.744. The van der Waals surface area contributed by atoms with Gasteiger partial charge in [0.1, 0.15) is 17.3 Å². The quantitative estimate of drug-likeness (QED) is 0.0882. The molecule has 1 aliphatic rings. The van der Waals surface area contributed by atoms with Crippen LogP contribution < -0.4 is 9.47 Å². The number of ketones is 2.